The van der Waals surface area contributed by atoms with Crippen molar-refractivity contribution < 1.29 is 19.1 Å². The van der Waals surface area contributed by atoms with Crippen LogP contribution in [0.15, 0.2) is 0 Å². The first kappa shape index (κ1) is 32.9. The van der Waals surface area contributed by atoms with Gasteiger partial charge in [-0.1, -0.05) is 105 Å². The summed E-state index contributed by atoms with van der Waals surface area (Å²) in [6, 6.07) is 0. The minimum atomic E-state index is -0.0320. The Labute approximate surface area is 212 Å². The summed E-state index contributed by atoms with van der Waals surface area (Å²) in [5, 5.41) is 0. The molecule has 0 spiro atoms. The largest absolute Gasteiger partial charge is 0.465 e. The first-order chi connectivity index (χ1) is 16.6. The minimum absolute atomic E-state index is 0.0320. The summed E-state index contributed by atoms with van der Waals surface area (Å²) in [6.45, 7) is 10.1. The van der Waals surface area contributed by atoms with Crippen LogP contribution in [0, 0.1) is 11.8 Å². The van der Waals surface area contributed by atoms with Gasteiger partial charge in [0.2, 0.25) is 0 Å². The highest BCUT2D eigenvalue weighted by molar-refractivity contribution is 5.69. The van der Waals surface area contributed by atoms with Crippen LogP contribution in [0.25, 0.3) is 0 Å². The van der Waals surface area contributed by atoms with Crippen molar-refractivity contribution in [2.45, 2.75) is 156 Å². The number of carbonyl (C=O) groups excluding carboxylic acids is 2. The Hall–Kier alpha value is -1.06. The maximum atomic E-state index is 12.0. The van der Waals surface area contributed by atoms with Crippen molar-refractivity contribution in [2.75, 3.05) is 13.2 Å². The van der Waals surface area contributed by atoms with Crippen molar-refractivity contribution in [3.05, 3.63) is 0 Å². The fourth-order valence-corrected chi connectivity index (χ4v) is 4.62. The molecule has 0 amide bonds. The monoisotopic (exact) mass is 482 g/mol. The molecule has 2 atom stereocenters. The molecule has 0 rings (SSSR count). The molecule has 2 unspecified atom stereocenters. The van der Waals surface area contributed by atoms with E-state index in [0.29, 0.717) is 37.9 Å². The fraction of sp³-hybridized carbons (Fsp3) is 0.933. The molecule has 4 heteroatoms. The molecule has 0 aliphatic rings. The lowest BCUT2D eigenvalue weighted by atomic mass is 9.97. The van der Waals surface area contributed by atoms with Crippen LogP contribution in [0.4, 0.5) is 0 Å². The normalized spacial score (nSPS) is 12.9. The molecule has 4 nitrogen and oxygen atoms in total. The lowest BCUT2D eigenvalue weighted by molar-refractivity contribution is -0.146. The Balaban J connectivity index is 3.70. The Morgan fingerprint density at radius 1 is 0.471 bits per heavy atom. The molecule has 0 aromatic carbocycles. The maximum Gasteiger partial charge on any atom is 0.305 e. The number of esters is 2. The van der Waals surface area contributed by atoms with Gasteiger partial charge in [-0.15, -0.1) is 0 Å². The topological polar surface area (TPSA) is 52.6 Å². The average molecular weight is 483 g/mol. The zero-order valence-corrected chi connectivity index (χ0v) is 23.3. The Kier molecular flexibility index (Phi) is 24.3. The standard InChI is InChI=1S/C30H58O4/c1-5-9-15-21-27(19-7-3)25-33-29(31)23-17-13-11-12-14-18-24-30(32)34-26-28(20-8-4)22-16-10-6-2/h27-28H,5-26H2,1-4H3. The molecule has 34 heavy (non-hydrogen) atoms. The average Bonchev–Trinajstić information content (AvgIpc) is 2.82. The van der Waals surface area contributed by atoms with Gasteiger partial charge in [-0.3, -0.25) is 9.59 Å². The van der Waals surface area contributed by atoms with E-state index in [4.69, 9.17) is 9.47 Å². The number of unbranched alkanes of at least 4 members (excludes halogenated alkanes) is 9. The van der Waals surface area contributed by atoms with Gasteiger partial charge in [0.25, 0.3) is 0 Å². The second-order valence-corrected chi connectivity index (χ2v) is 10.3. The maximum absolute atomic E-state index is 12.0. The fourth-order valence-electron chi connectivity index (χ4n) is 4.62. The van der Waals surface area contributed by atoms with Crippen LogP contribution in [-0.4, -0.2) is 25.2 Å². The van der Waals surface area contributed by atoms with E-state index in [2.05, 4.69) is 27.7 Å². The van der Waals surface area contributed by atoms with Gasteiger partial charge in [-0.05, 0) is 50.4 Å². The quantitative estimate of drug-likeness (QED) is 0.0961. The Morgan fingerprint density at radius 2 is 0.853 bits per heavy atom. The molecule has 0 radical (unpaired) electrons. The smallest absolute Gasteiger partial charge is 0.305 e. The molecule has 0 heterocycles. The molecular formula is C30H58O4. The predicted molar refractivity (Wildman–Crippen MR) is 144 cm³/mol. The van der Waals surface area contributed by atoms with E-state index in [-0.39, 0.29) is 11.9 Å². The van der Waals surface area contributed by atoms with Crippen LogP contribution in [0.5, 0.6) is 0 Å². The van der Waals surface area contributed by atoms with E-state index in [0.717, 1.165) is 64.2 Å². The van der Waals surface area contributed by atoms with E-state index >= 15 is 0 Å². The number of carbonyl (C=O) groups is 2. The number of ether oxygens (including phenoxy) is 2. The predicted octanol–water partition coefficient (Wildman–Crippen LogP) is 9.19. The molecule has 0 N–H and O–H groups in total. The van der Waals surface area contributed by atoms with Crippen molar-refractivity contribution in [1.82, 2.24) is 0 Å². The third-order valence-corrected chi connectivity index (χ3v) is 6.80. The Bertz CT molecular complexity index is 421. The van der Waals surface area contributed by atoms with Gasteiger partial charge >= 0.3 is 11.9 Å². The van der Waals surface area contributed by atoms with Crippen molar-refractivity contribution in [3.63, 3.8) is 0 Å². The van der Waals surface area contributed by atoms with Crippen LogP contribution in [0.1, 0.15) is 156 Å². The SMILES string of the molecule is CCCCCC(CCC)COC(=O)CCCCCCCCC(=O)OCC(CCC)CCCCC. The van der Waals surface area contributed by atoms with Crippen molar-refractivity contribution in [2.24, 2.45) is 11.8 Å². The highest BCUT2D eigenvalue weighted by atomic mass is 16.5. The van der Waals surface area contributed by atoms with E-state index in [1.54, 1.807) is 0 Å². The van der Waals surface area contributed by atoms with Crippen molar-refractivity contribution in [1.29, 1.82) is 0 Å². The highest BCUT2D eigenvalue weighted by Gasteiger charge is 2.12. The molecule has 0 aromatic heterocycles. The zero-order chi connectivity index (χ0) is 25.3. The third kappa shape index (κ3) is 21.5. The summed E-state index contributed by atoms with van der Waals surface area (Å²) < 4.78 is 11.1. The van der Waals surface area contributed by atoms with Crippen LogP contribution >= 0.6 is 0 Å². The van der Waals surface area contributed by atoms with Crippen LogP contribution < -0.4 is 0 Å². The molecule has 0 bridgehead atoms. The van der Waals surface area contributed by atoms with Crippen molar-refractivity contribution in [3.8, 4) is 0 Å². The second kappa shape index (κ2) is 25.0. The summed E-state index contributed by atoms with van der Waals surface area (Å²) in [6.07, 6.45) is 21.8. The first-order valence-corrected chi connectivity index (χ1v) is 14.9. The van der Waals surface area contributed by atoms with Gasteiger partial charge in [0.1, 0.15) is 0 Å². The number of hydrogen-bond donors (Lipinski definition) is 0. The highest BCUT2D eigenvalue weighted by Crippen LogP contribution is 2.18. The van der Waals surface area contributed by atoms with Gasteiger partial charge in [0.05, 0.1) is 13.2 Å². The van der Waals surface area contributed by atoms with Gasteiger partial charge < -0.3 is 9.47 Å². The molecule has 0 fully saturated rings. The van der Waals surface area contributed by atoms with Crippen LogP contribution in [0.3, 0.4) is 0 Å². The minimum Gasteiger partial charge on any atom is -0.465 e. The van der Waals surface area contributed by atoms with Crippen LogP contribution in [0.2, 0.25) is 0 Å². The lowest BCUT2D eigenvalue weighted by Crippen LogP contribution is -2.14. The summed E-state index contributed by atoms with van der Waals surface area (Å²) in [5.74, 6) is 1.00. The van der Waals surface area contributed by atoms with Gasteiger partial charge in [0, 0.05) is 12.8 Å². The lowest BCUT2D eigenvalue weighted by Gasteiger charge is -2.16. The van der Waals surface area contributed by atoms with E-state index in [9.17, 15) is 9.59 Å². The summed E-state index contributed by atoms with van der Waals surface area (Å²) in [5.41, 5.74) is 0. The Morgan fingerprint density at radius 3 is 1.21 bits per heavy atom. The second-order valence-electron chi connectivity index (χ2n) is 10.3. The summed E-state index contributed by atoms with van der Waals surface area (Å²) in [4.78, 5) is 24.1. The van der Waals surface area contributed by atoms with Gasteiger partial charge in [-0.2, -0.15) is 0 Å². The zero-order valence-electron chi connectivity index (χ0n) is 23.3. The molecule has 0 saturated carbocycles. The molecule has 0 aliphatic heterocycles. The van der Waals surface area contributed by atoms with Gasteiger partial charge in [-0.25, -0.2) is 0 Å². The number of hydrogen-bond acceptors (Lipinski definition) is 4. The van der Waals surface area contributed by atoms with Crippen molar-refractivity contribution >= 4 is 11.9 Å². The summed E-state index contributed by atoms with van der Waals surface area (Å²) in [7, 11) is 0. The van der Waals surface area contributed by atoms with Crippen LogP contribution in [-0.2, 0) is 19.1 Å². The van der Waals surface area contributed by atoms with E-state index in [1.165, 1.54) is 51.4 Å². The number of rotatable bonds is 25. The molecule has 0 saturated heterocycles. The third-order valence-electron chi connectivity index (χ3n) is 6.80. The summed E-state index contributed by atoms with van der Waals surface area (Å²) >= 11 is 0. The molecule has 0 aromatic rings. The molecular weight excluding hydrogens is 424 g/mol. The van der Waals surface area contributed by atoms with Gasteiger partial charge in [0.15, 0.2) is 0 Å². The first-order valence-electron chi connectivity index (χ1n) is 14.9. The van der Waals surface area contributed by atoms with E-state index < -0.39 is 0 Å². The molecule has 0 aliphatic carbocycles. The molecule has 202 valence electrons. The van der Waals surface area contributed by atoms with E-state index in [1.807, 2.05) is 0 Å².